The molecule has 0 amide bonds. The van der Waals surface area contributed by atoms with Gasteiger partial charge < -0.3 is 14.3 Å². The van der Waals surface area contributed by atoms with Gasteiger partial charge in [-0.25, -0.2) is 4.67 Å². The van der Waals surface area contributed by atoms with Gasteiger partial charge in [0.1, 0.15) is 5.78 Å². The second kappa shape index (κ2) is 4.05. The zero-order chi connectivity index (χ0) is 11.0. The molecule has 0 aromatic carbocycles. The lowest BCUT2D eigenvalue weighted by Crippen LogP contribution is -2.35. The zero-order valence-corrected chi connectivity index (χ0v) is 9.95. The van der Waals surface area contributed by atoms with Crippen LogP contribution in [0.1, 0.15) is 13.3 Å². The second-order valence-electron chi connectivity index (χ2n) is 3.37. The van der Waals surface area contributed by atoms with E-state index in [1.54, 1.807) is 0 Å². The van der Waals surface area contributed by atoms with Crippen molar-refractivity contribution in [3.05, 3.63) is 0 Å². The van der Waals surface area contributed by atoms with Crippen LogP contribution in [0.15, 0.2) is 0 Å². The third-order valence-corrected chi connectivity index (χ3v) is 5.82. The van der Waals surface area contributed by atoms with Crippen molar-refractivity contribution >= 4 is 15.1 Å². The fraction of sp³-hybridized carbons (Fsp3) is 1.00. The van der Waals surface area contributed by atoms with E-state index in [1.165, 1.54) is 18.3 Å². The monoisotopic (exact) mass is 243 g/mol. The molecule has 14 heavy (non-hydrogen) atoms. The fourth-order valence-corrected chi connectivity index (χ4v) is 4.54. The highest BCUT2D eigenvalue weighted by atomic mass is 31.2. The molecule has 1 saturated heterocycles. The first-order valence-electron chi connectivity index (χ1n) is 4.29. The van der Waals surface area contributed by atoms with E-state index in [9.17, 15) is 9.13 Å². The van der Waals surface area contributed by atoms with Gasteiger partial charge in [0.25, 0.3) is 7.52 Å². The Balaban J connectivity index is 2.85. The molecule has 0 aromatic heterocycles. The highest BCUT2D eigenvalue weighted by molar-refractivity contribution is 7.58. The van der Waals surface area contributed by atoms with Gasteiger partial charge >= 0.3 is 7.60 Å². The number of rotatable bonds is 2. The highest BCUT2D eigenvalue weighted by Gasteiger charge is 2.40. The average Bonchev–Trinajstić information content (AvgIpc) is 2.00. The molecular formula is C6H15NO5P2. The third-order valence-electron chi connectivity index (χ3n) is 2.25. The minimum atomic E-state index is -4.23. The Kier molecular flexibility index (Phi) is 3.58. The van der Waals surface area contributed by atoms with E-state index in [-0.39, 0.29) is 0 Å². The van der Waals surface area contributed by atoms with Crippen LogP contribution in [0.2, 0.25) is 0 Å². The van der Waals surface area contributed by atoms with Crippen LogP contribution in [0.25, 0.3) is 0 Å². The van der Waals surface area contributed by atoms with Crippen molar-refractivity contribution in [1.29, 1.82) is 0 Å². The normalized spacial score (nSPS) is 32.9. The summed E-state index contributed by atoms with van der Waals surface area (Å²) in [6, 6.07) is 0. The summed E-state index contributed by atoms with van der Waals surface area (Å²) in [5.41, 5.74) is 0. The van der Waals surface area contributed by atoms with Crippen LogP contribution >= 0.6 is 15.1 Å². The van der Waals surface area contributed by atoms with Gasteiger partial charge in [-0.15, -0.1) is 0 Å². The van der Waals surface area contributed by atoms with Crippen molar-refractivity contribution in [3.8, 4) is 0 Å². The molecule has 0 aromatic rings. The zero-order valence-electron chi connectivity index (χ0n) is 8.16. The molecule has 0 aliphatic carbocycles. The fourth-order valence-electron chi connectivity index (χ4n) is 1.38. The predicted octanol–water partition coefficient (Wildman–Crippen LogP) is 1.06. The largest absolute Gasteiger partial charge is 0.342 e. The van der Waals surface area contributed by atoms with Crippen molar-refractivity contribution in [2.75, 3.05) is 19.8 Å². The van der Waals surface area contributed by atoms with Gasteiger partial charge in [-0.2, -0.15) is 0 Å². The summed E-state index contributed by atoms with van der Waals surface area (Å²) in [5, 5.41) is 0. The van der Waals surface area contributed by atoms with Gasteiger partial charge in [0.2, 0.25) is 0 Å². The Hall–Kier alpha value is 0.300. The minimum Gasteiger partial charge on any atom is -0.323 e. The van der Waals surface area contributed by atoms with Crippen molar-refractivity contribution < 1.29 is 23.4 Å². The molecule has 6 nitrogen and oxygen atoms in total. The molecule has 1 aliphatic rings. The van der Waals surface area contributed by atoms with Crippen LogP contribution in [0.4, 0.5) is 0 Å². The molecule has 1 heterocycles. The Bertz CT molecular complexity index is 301. The molecule has 0 radical (unpaired) electrons. The molecule has 2 N–H and O–H groups in total. The van der Waals surface area contributed by atoms with Gasteiger partial charge in [0, 0.05) is 13.2 Å². The minimum absolute atomic E-state index is 0.387. The van der Waals surface area contributed by atoms with Crippen molar-refractivity contribution in [1.82, 2.24) is 4.67 Å². The third kappa shape index (κ3) is 2.66. The molecule has 8 heteroatoms. The smallest absolute Gasteiger partial charge is 0.323 e. The average molecular weight is 243 g/mol. The summed E-state index contributed by atoms with van der Waals surface area (Å²) < 4.78 is 29.1. The molecule has 0 spiro atoms. The van der Waals surface area contributed by atoms with E-state index < -0.39 is 20.9 Å². The summed E-state index contributed by atoms with van der Waals surface area (Å²) in [5.74, 6) is -1.04. The molecule has 0 saturated carbocycles. The molecule has 0 bridgehead atoms. The maximum Gasteiger partial charge on any atom is 0.342 e. The number of hydrogen-bond acceptors (Lipinski definition) is 3. The van der Waals surface area contributed by atoms with Crippen LogP contribution in [0.5, 0.6) is 0 Å². The summed E-state index contributed by atoms with van der Waals surface area (Å²) in [4.78, 5) is 17.9. The first-order chi connectivity index (χ1) is 6.25. The lowest BCUT2D eigenvalue weighted by Gasteiger charge is -2.36. The van der Waals surface area contributed by atoms with Crippen molar-refractivity contribution in [3.63, 3.8) is 0 Å². The van der Waals surface area contributed by atoms with Gasteiger partial charge in [-0.05, 0) is 13.3 Å². The van der Waals surface area contributed by atoms with E-state index in [0.29, 0.717) is 19.6 Å². The number of hydrogen-bond donors (Lipinski definition) is 2. The molecule has 1 rings (SSSR count). The second-order valence-corrected chi connectivity index (χ2v) is 7.68. The van der Waals surface area contributed by atoms with Crippen LogP contribution in [-0.2, 0) is 13.7 Å². The van der Waals surface area contributed by atoms with Gasteiger partial charge in [0.15, 0.2) is 0 Å². The molecule has 2 unspecified atom stereocenters. The van der Waals surface area contributed by atoms with E-state index in [2.05, 4.69) is 0 Å². The molecule has 2 atom stereocenters. The van der Waals surface area contributed by atoms with Gasteiger partial charge in [-0.1, -0.05) is 0 Å². The molecule has 1 fully saturated rings. The predicted molar refractivity (Wildman–Crippen MR) is 52.3 cm³/mol. The lowest BCUT2D eigenvalue weighted by atomic mass is 10.4. The molecule has 1 aliphatic heterocycles. The van der Waals surface area contributed by atoms with Crippen LogP contribution in [-0.4, -0.2) is 40.1 Å². The SMILES string of the molecule is CC(N1CCCOP1(C)=O)P(=O)(O)O. The number of nitrogens with zero attached hydrogens (tertiary/aromatic N) is 1. The maximum atomic E-state index is 11.8. The van der Waals surface area contributed by atoms with E-state index in [4.69, 9.17) is 14.3 Å². The lowest BCUT2D eigenvalue weighted by molar-refractivity contribution is 0.193. The quantitative estimate of drug-likeness (QED) is 0.705. The van der Waals surface area contributed by atoms with E-state index in [0.717, 1.165) is 0 Å². The summed E-state index contributed by atoms with van der Waals surface area (Å²) >= 11 is 0. The van der Waals surface area contributed by atoms with E-state index >= 15 is 0 Å². The van der Waals surface area contributed by atoms with Crippen molar-refractivity contribution in [2.24, 2.45) is 0 Å². The van der Waals surface area contributed by atoms with Gasteiger partial charge in [-0.3, -0.25) is 9.13 Å². The summed E-state index contributed by atoms with van der Waals surface area (Å²) in [7, 11) is -7.24. The standard InChI is InChI=1S/C6H15NO5P2/c1-6(14(9,10)11)7-4-3-5-12-13(7,2)8/h6H,3-5H2,1-2H3,(H2,9,10,11). The van der Waals surface area contributed by atoms with Crippen LogP contribution < -0.4 is 0 Å². The Morgan fingerprint density at radius 2 is 2.14 bits per heavy atom. The van der Waals surface area contributed by atoms with E-state index in [1.807, 2.05) is 0 Å². The van der Waals surface area contributed by atoms with Gasteiger partial charge in [0.05, 0.1) is 6.61 Å². The van der Waals surface area contributed by atoms with Crippen molar-refractivity contribution in [2.45, 2.75) is 19.1 Å². The first kappa shape index (κ1) is 12.4. The Morgan fingerprint density at radius 1 is 1.57 bits per heavy atom. The maximum absolute atomic E-state index is 11.8. The topological polar surface area (TPSA) is 87.1 Å². The summed E-state index contributed by atoms with van der Waals surface area (Å²) in [6.45, 7) is 3.54. The Labute approximate surface area is 82.9 Å². The highest BCUT2D eigenvalue weighted by Crippen LogP contribution is 2.57. The van der Waals surface area contributed by atoms with Crippen LogP contribution in [0, 0.1) is 0 Å². The molecule has 84 valence electrons. The summed E-state index contributed by atoms with van der Waals surface area (Å²) in [6.07, 6.45) is 0.641. The van der Waals surface area contributed by atoms with Crippen LogP contribution in [0.3, 0.4) is 0 Å². The Morgan fingerprint density at radius 3 is 2.57 bits per heavy atom. The molecular weight excluding hydrogens is 228 g/mol. The first-order valence-corrected chi connectivity index (χ1v) is 8.00.